The van der Waals surface area contributed by atoms with Gasteiger partial charge in [0.1, 0.15) is 5.82 Å². The largest absolute Gasteiger partial charge is 0.359 e. The minimum atomic E-state index is 0.647. The van der Waals surface area contributed by atoms with Crippen LogP contribution in [0.3, 0.4) is 0 Å². The molecule has 1 heterocycles. The molecular formula is C10H15BrClN3. The lowest BCUT2D eigenvalue weighted by molar-refractivity contribution is 0.708. The molecule has 1 rings (SSSR count). The molecule has 1 aromatic heterocycles. The summed E-state index contributed by atoms with van der Waals surface area (Å²) in [5.41, 5.74) is 0. The van der Waals surface area contributed by atoms with Gasteiger partial charge < -0.3 is 10.2 Å². The Hall–Kier alpha value is -0.320. The van der Waals surface area contributed by atoms with Gasteiger partial charge >= 0.3 is 0 Å². The van der Waals surface area contributed by atoms with Crippen LogP contribution in [0.4, 0.5) is 5.82 Å². The predicted molar refractivity (Wildman–Crippen MR) is 68.8 cm³/mol. The van der Waals surface area contributed by atoms with Crippen LogP contribution in [0.2, 0.25) is 5.02 Å². The highest BCUT2D eigenvalue weighted by Crippen LogP contribution is 2.25. The normalized spacial score (nSPS) is 10.4. The third kappa shape index (κ3) is 3.97. The first-order valence-corrected chi connectivity index (χ1v) is 5.99. The van der Waals surface area contributed by atoms with Crippen molar-refractivity contribution in [3.63, 3.8) is 0 Å². The molecule has 0 spiro atoms. The van der Waals surface area contributed by atoms with Gasteiger partial charge in [0.2, 0.25) is 0 Å². The number of rotatable bonds is 5. The second-order valence-corrected chi connectivity index (χ2v) is 4.63. The molecule has 84 valence electrons. The standard InChI is InChI=1S/C10H15BrClN3/c1-13-4-3-5-15(2)10-9(11)6-8(12)7-14-10/h6-7,13H,3-5H2,1-2H3. The Kier molecular flexibility index (Phi) is 5.36. The van der Waals surface area contributed by atoms with Gasteiger partial charge in [-0.05, 0) is 42.0 Å². The molecule has 0 atom stereocenters. The second-order valence-electron chi connectivity index (χ2n) is 3.34. The van der Waals surface area contributed by atoms with Crippen molar-refractivity contribution >= 4 is 33.3 Å². The van der Waals surface area contributed by atoms with Gasteiger partial charge in [-0.2, -0.15) is 0 Å². The van der Waals surface area contributed by atoms with E-state index < -0.39 is 0 Å². The predicted octanol–water partition coefficient (Wildman–Crippen LogP) is 2.54. The summed E-state index contributed by atoms with van der Waals surface area (Å²) in [6.07, 6.45) is 2.75. The highest BCUT2D eigenvalue weighted by Gasteiger charge is 2.07. The number of hydrogen-bond donors (Lipinski definition) is 1. The maximum atomic E-state index is 5.83. The minimum Gasteiger partial charge on any atom is -0.359 e. The molecule has 0 amide bonds. The first kappa shape index (κ1) is 12.7. The zero-order chi connectivity index (χ0) is 11.3. The summed E-state index contributed by atoms with van der Waals surface area (Å²) in [7, 11) is 3.98. The molecule has 0 bridgehead atoms. The Balaban J connectivity index is 2.61. The fourth-order valence-electron chi connectivity index (χ4n) is 1.29. The van der Waals surface area contributed by atoms with Gasteiger partial charge in [0.15, 0.2) is 0 Å². The van der Waals surface area contributed by atoms with E-state index in [1.807, 2.05) is 20.2 Å². The monoisotopic (exact) mass is 291 g/mol. The average molecular weight is 293 g/mol. The summed E-state index contributed by atoms with van der Waals surface area (Å²) in [5, 5.41) is 3.77. The van der Waals surface area contributed by atoms with Crippen molar-refractivity contribution < 1.29 is 0 Å². The van der Waals surface area contributed by atoms with Crippen molar-refractivity contribution in [2.75, 3.05) is 32.1 Å². The van der Waals surface area contributed by atoms with Crippen molar-refractivity contribution in [2.45, 2.75) is 6.42 Å². The highest BCUT2D eigenvalue weighted by atomic mass is 79.9. The van der Waals surface area contributed by atoms with E-state index in [9.17, 15) is 0 Å². The summed E-state index contributed by atoms with van der Waals surface area (Å²) >= 11 is 9.28. The van der Waals surface area contributed by atoms with Crippen LogP contribution in [0.15, 0.2) is 16.7 Å². The maximum absolute atomic E-state index is 5.83. The molecule has 0 aliphatic carbocycles. The van der Waals surface area contributed by atoms with E-state index in [-0.39, 0.29) is 0 Å². The molecule has 0 radical (unpaired) electrons. The Labute approximate surface area is 104 Å². The lowest BCUT2D eigenvalue weighted by atomic mass is 10.3. The quantitative estimate of drug-likeness (QED) is 0.846. The molecule has 0 fully saturated rings. The maximum Gasteiger partial charge on any atom is 0.142 e. The van der Waals surface area contributed by atoms with E-state index in [1.54, 1.807) is 6.20 Å². The molecule has 3 nitrogen and oxygen atoms in total. The van der Waals surface area contributed by atoms with Crippen LogP contribution in [-0.2, 0) is 0 Å². The van der Waals surface area contributed by atoms with Gasteiger partial charge in [-0.1, -0.05) is 11.6 Å². The average Bonchev–Trinajstić information content (AvgIpc) is 2.17. The third-order valence-electron chi connectivity index (χ3n) is 2.07. The highest BCUT2D eigenvalue weighted by molar-refractivity contribution is 9.10. The van der Waals surface area contributed by atoms with Crippen LogP contribution in [0, 0.1) is 0 Å². The van der Waals surface area contributed by atoms with Gasteiger partial charge in [0.05, 0.1) is 9.50 Å². The lowest BCUT2D eigenvalue weighted by Crippen LogP contribution is -2.23. The van der Waals surface area contributed by atoms with Crippen LogP contribution in [0.5, 0.6) is 0 Å². The molecular weight excluding hydrogens is 277 g/mol. The molecule has 0 aliphatic heterocycles. The molecule has 1 aromatic rings. The Morgan fingerprint density at radius 1 is 1.60 bits per heavy atom. The summed E-state index contributed by atoms with van der Waals surface area (Å²) in [5.74, 6) is 0.926. The van der Waals surface area contributed by atoms with Crippen molar-refractivity contribution in [2.24, 2.45) is 0 Å². The molecule has 0 aromatic carbocycles. The third-order valence-corrected chi connectivity index (χ3v) is 2.86. The van der Waals surface area contributed by atoms with Crippen molar-refractivity contribution in [1.29, 1.82) is 0 Å². The number of halogens is 2. The van der Waals surface area contributed by atoms with Crippen LogP contribution in [-0.4, -0.2) is 32.2 Å². The topological polar surface area (TPSA) is 28.2 Å². The number of aromatic nitrogens is 1. The van der Waals surface area contributed by atoms with Gasteiger partial charge in [-0.25, -0.2) is 4.98 Å². The van der Waals surface area contributed by atoms with Crippen LogP contribution in [0.25, 0.3) is 0 Å². The number of nitrogens with zero attached hydrogens (tertiary/aromatic N) is 2. The van der Waals surface area contributed by atoms with E-state index in [2.05, 4.69) is 31.1 Å². The molecule has 0 saturated heterocycles. The van der Waals surface area contributed by atoms with Gasteiger partial charge in [-0.3, -0.25) is 0 Å². The molecule has 0 saturated carbocycles. The number of anilines is 1. The summed E-state index contributed by atoms with van der Waals surface area (Å²) in [4.78, 5) is 6.39. The Morgan fingerprint density at radius 2 is 2.33 bits per heavy atom. The second kappa shape index (κ2) is 6.30. The number of pyridine rings is 1. The van der Waals surface area contributed by atoms with Gasteiger partial charge in [0, 0.05) is 19.8 Å². The van der Waals surface area contributed by atoms with Crippen LogP contribution in [0.1, 0.15) is 6.42 Å². The van der Waals surface area contributed by atoms with Crippen LogP contribution >= 0.6 is 27.5 Å². The van der Waals surface area contributed by atoms with E-state index in [4.69, 9.17) is 11.6 Å². The van der Waals surface area contributed by atoms with E-state index in [0.717, 1.165) is 29.8 Å². The summed E-state index contributed by atoms with van der Waals surface area (Å²) in [6.45, 7) is 1.98. The first-order valence-electron chi connectivity index (χ1n) is 4.82. The van der Waals surface area contributed by atoms with Crippen LogP contribution < -0.4 is 10.2 Å². The molecule has 5 heteroatoms. The van der Waals surface area contributed by atoms with Gasteiger partial charge in [-0.15, -0.1) is 0 Å². The molecule has 15 heavy (non-hydrogen) atoms. The van der Waals surface area contributed by atoms with E-state index in [0.29, 0.717) is 5.02 Å². The first-order chi connectivity index (χ1) is 7.15. The van der Waals surface area contributed by atoms with Crippen molar-refractivity contribution in [3.05, 3.63) is 21.8 Å². The fourth-order valence-corrected chi connectivity index (χ4v) is 2.23. The fraction of sp³-hybridized carbons (Fsp3) is 0.500. The smallest absolute Gasteiger partial charge is 0.142 e. The van der Waals surface area contributed by atoms with Crippen molar-refractivity contribution in [3.8, 4) is 0 Å². The molecule has 0 unspecified atom stereocenters. The van der Waals surface area contributed by atoms with Gasteiger partial charge in [0.25, 0.3) is 0 Å². The Bertz CT molecular complexity index is 320. The zero-order valence-electron chi connectivity index (χ0n) is 8.93. The Morgan fingerprint density at radius 3 is 2.93 bits per heavy atom. The molecule has 0 aliphatic rings. The van der Waals surface area contributed by atoms with Crippen molar-refractivity contribution in [1.82, 2.24) is 10.3 Å². The lowest BCUT2D eigenvalue weighted by Gasteiger charge is -2.19. The molecule has 1 N–H and O–H groups in total. The summed E-state index contributed by atoms with van der Waals surface area (Å²) in [6, 6.07) is 1.86. The minimum absolute atomic E-state index is 0.647. The number of nitrogens with one attached hydrogen (secondary N) is 1. The SMILES string of the molecule is CNCCCN(C)c1ncc(Cl)cc1Br. The zero-order valence-corrected chi connectivity index (χ0v) is 11.3. The summed E-state index contributed by atoms with van der Waals surface area (Å²) < 4.78 is 0.932. The van der Waals surface area contributed by atoms with E-state index >= 15 is 0 Å². The van der Waals surface area contributed by atoms with E-state index in [1.165, 1.54) is 0 Å². The number of hydrogen-bond acceptors (Lipinski definition) is 3.